The van der Waals surface area contributed by atoms with Gasteiger partial charge in [0.2, 0.25) is 5.91 Å². The molecule has 1 fully saturated rings. The molecule has 20 heavy (non-hydrogen) atoms. The molecule has 1 amide bonds. The van der Waals surface area contributed by atoms with Crippen molar-refractivity contribution in [3.63, 3.8) is 0 Å². The highest BCUT2D eigenvalue weighted by atomic mass is 16.5. The van der Waals surface area contributed by atoms with Crippen molar-refractivity contribution in [1.29, 1.82) is 0 Å². The quantitative estimate of drug-likeness (QED) is 0.840. The van der Waals surface area contributed by atoms with Crippen molar-refractivity contribution in [1.82, 2.24) is 14.9 Å². The lowest BCUT2D eigenvalue weighted by Crippen LogP contribution is -2.45. The van der Waals surface area contributed by atoms with Gasteiger partial charge in [-0.15, -0.1) is 0 Å². The minimum Gasteiger partial charge on any atom is -0.377 e. The van der Waals surface area contributed by atoms with Crippen molar-refractivity contribution in [3.8, 4) is 0 Å². The van der Waals surface area contributed by atoms with Crippen LogP contribution in [0.1, 0.15) is 24.5 Å². The van der Waals surface area contributed by atoms with E-state index in [0.29, 0.717) is 37.9 Å². The number of rotatable bonds is 4. The third-order valence-corrected chi connectivity index (χ3v) is 3.10. The topological polar surface area (TPSA) is 84.5 Å². The van der Waals surface area contributed by atoms with Crippen LogP contribution in [0.2, 0.25) is 0 Å². The average Bonchev–Trinajstić information content (AvgIpc) is 2.43. The Hall–Kier alpha value is -1.73. The molecule has 1 aromatic heterocycles. The Morgan fingerprint density at radius 3 is 3.15 bits per heavy atom. The van der Waals surface area contributed by atoms with E-state index in [1.165, 1.54) is 6.07 Å². The van der Waals surface area contributed by atoms with Crippen LogP contribution < -0.4 is 5.56 Å². The highest BCUT2D eigenvalue weighted by Gasteiger charge is 2.29. The lowest BCUT2D eigenvalue weighted by atomic mass is 10.1. The van der Waals surface area contributed by atoms with Gasteiger partial charge in [0, 0.05) is 19.2 Å². The van der Waals surface area contributed by atoms with Gasteiger partial charge in [-0.3, -0.25) is 9.59 Å². The van der Waals surface area contributed by atoms with E-state index in [1.54, 1.807) is 11.8 Å². The molecule has 7 nitrogen and oxygen atoms in total. The monoisotopic (exact) mass is 281 g/mol. The lowest BCUT2D eigenvalue weighted by Gasteiger charge is -2.35. The van der Waals surface area contributed by atoms with E-state index >= 15 is 0 Å². The number of nitrogens with zero attached hydrogens (tertiary/aromatic N) is 2. The minimum absolute atomic E-state index is 0.0369. The molecule has 0 aliphatic carbocycles. The smallest absolute Gasteiger partial charge is 0.251 e. The van der Waals surface area contributed by atoms with Crippen molar-refractivity contribution in [2.45, 2.75) is 19.9 Å². The first kappa shape index (κ1) is 14.7. The summed E-state index contributed by atoms with van der Waals surface area (Å²) in [7, 11) is 0. The van der Waals surface area contributed by atoms with Crippen molar-refractivity contribution in [2.75, 3.05) is 33.0 Å². The molecule has 0 spiro atoms. The number of ether oxygens (including phenoxy) is 2. The van der Waals surface area contributed by atoms with Gasteiger partial charge >= 0.3 is 0 Å². The second-order valence-electron chi connectivity index (χ2n) is 4.57. The minimum atomic E-state index is -0.335. The molecule has 1 aliphatic rings. The summed E-state index contributed by atoms with van der Waals surface area (Å²) in [5.74, 6) is 0.412. The van der Waals surface area contributed by atoms with Gasteiger partial charge in [0.1, 0.15) is 12.4 Å². The van der Waals surface area contributed by atoms with E-state index < -0.39 is 0 Å². The number of amides is 1. The Morgan fingerprint density at radius 2 is 2.45 bits per heavy atom. The van der Waals surface area contributed by atoms with Gasteiger partial charge < -0.3 is 19.4 Å². The molecule has 1 unspecified atom stereocenters. The van der Waals surface area contributed by atoms with Crippen molar-refractivity contribution in [2.24, 2.45) is 0 Å². The van der Waals surface area contributed by atoms with Crippen LogP contribution in [0.5, 0.6) is 0 Å². The standard InChI is InChI=1S/C13H19N3O4/c1-3-19-8-13(18)16-4-5-20-7-11(16)10-6-12(17)15-9(2)14-10/h6,11H,3-5,7-8H2,1-2H3,(H,14,15,17). The van der Waals surface area contributed by atoms with E-state index in [9.17, 15) is 9.59 Å². The molecule has 1 N–H and O–H groups in total. The fraction of sp³-hybridized carbons (Fsp3) is 0.615. The highest BCUT2D eigenvalue weighted by molar-refractivity contribution is 5.78. The third-order valence-electron chi connectivity index (χ3n) is 3.10. The molecule has 1 aliphatic heterocycles. The number of hydrogen-bond acceptors (Lipinski definition) is 5. The molecule has 2 rings (SSSR count). The summed E-state index contributed by atoms with van der Waals surface area (Å²) >= 11 is 0. The molecule has 2 heterocycles. The molecule has 1 saturated heterocycles. The predicted molar refractivity (Wildman–Crippen MR) is 71.4 cm³/mol. The Kier molecular flexibility index (Phi) is 4.86. The summed E-state index contributed by atoms with van der Waals surface area (Å²) in [5, 5.41) is 0. The van der Waals surface area contributed by atoms with Gasteiger partial charge in [-0.25, -0.2) is 4.98 Å². The van der Waals surface area contributed by atoms with Crippen LogP contribution in [0.25, 0.3) is 0 Å². The summed E-state index contributed by atoms with van der Waals surface area (Å²) in [5.41, 5.74) is 0.325. The molecular weight excluding hydrogens is 262 g/mol. The summed E-state index contributed by atoms with van der Waals surface area (Å²) in [6.07, 6.45) is 0. The number of aromatic nitrogens is 2. The summed E-state index contributed by atoms with van der Waals surface area (Å²) in [6, 6.07) is 1.07. The Bertz CT molecular complexity index is 529. The molecule has 0 radical (unpaired) electrons. The molecule has 0 bridgehead atoms. The lowest BCUT2D eigenvalue weighted by molar-refractivity contribution is -0.145. The largest absolute Gasteiger partial charge is 0.377 e. The van der Waals surface area contributed by atoms with E-state index in [1.807, 2.05) is 6.92 Å². The van der Waals surface area contributed by atoms with Gasteiger partial charge in [-0.1, -0.05) is 0 Å². The zero-order chi connectivity index (χ0) is 14.5. The predicted octanol–water partition coefficient (Wildman–Crippen LogP) is 0.0147. The zero-order valence-electron chi connectivity index (χ0n) is 11.7. The number of H-pyrrole nitrogens is 1. The second-order valence-corrected chi connectivity index (χ2v) is 4.57. The Balaban J connectivity index is 2.21. The molecule has 0 saturated carbocycles. The van der Waals surface area contributed by atoms with Gasteiger partial charge in [-0.2, -0.15) is 0 Å². The second kappa shape index (κ2) is 6.62. The Labute approximate surface area is 116 Å². The molecule has 1 aromatic rings. The highest BCUT2D eigenvalue weighted by Crippen LogP contribution is 2.21. The zero-order valence-corrected chi connectivity index (χ0v) is 11.7. The number of carbonyl (C=O) groups excluding carboxylic acids is 1. The number of aromatic amines is 1. The maximum Gasteiger partial charge on any atom is 0.251 e. The number of hydrogen-bond donors (Lipinski definition) is 1. The summed E-state index contributed by atoms with van der Waals surface area (Å²) in [6.45, 7) is 5.37. The Morgan fingerprint density at radius 1 is 1.65 bits per heavy atom. The van der Waals surface area contributed by atoms with E-state index in [4.69, 9.17) is 9.47 Å². The van der Waals surface area contributed by atoms with Gasteiger partial charge in [-0.05, 0) is 13.8 Å². The van der Waals surface area contributed by atoms with Gasteiger partial charge in [0.05, 0.1) is 24.9 Å². The maximum absolute atomic E-state index is 12.1. The van der Waals surface area contributed by atoms with Crippen LogP contribution in [0.4, 0.5) is 0 Å². The average molecular weight is 281 g/mol. The van der Waals surface area contributed by atoms with Crippen molar-refractivity contribution < 1.29 is 14.3 Å². The number of carbonyl (C=O) groups is 1. The molecule has 1 atom stereocenters. The fourth-order valence-electron chi connectivity index (χ4n) is 2.19. The van der Waals surface area contributed by atoms with Gasteiger partial charge in [0.15, 0.2) is 0 Å². The number of aryl methyl sites for hydroxylation is 1. The summed E-state index contributed by atoms with van der Waals surface area (Å²) in [4.78, 5) is 32.2. The van der Waals surface area contributed by atoms with E-state index in [0.717, 1.165) is 0 Å². The fourth-order valence-corrected chi connectivity index (χ4v) is 2.19. The van der Waals surface area contributed by atoms with Gasteiger partial charge in [0.25, 0.3) is 5.56 Å². The first-order chi connectivity index (χ1) is 9.61. The molecule has 7 heteroatoms. The van der Waals surface area contributed by atoms with Crippen LogP contribution in [-0.2, 0) is 14.3 Å². The van der Waals surface area contributed by atoms with Crippen LogP contribution in [0.3, 0.4) is 0 Å². The van der Waals surface area contributed by atoms with Crippen molar-refractivity contribution in [3.05, 3.63) is 27.9 Å². The SMILES string of the molecule is CCOCC(=O)N1CCOCC1c1cc(=O)[nH]c(C)n1. The van der Waals surface area contributed by atoms with Crippen molar-refractivity contribution >= 4 is 5.91 Å². The van der Waals surface area contributed by atoms with Crippen LogP contribution >= 0.6 is 0 Å². The molecule has 110 valence electrons. The number of nitrogens with one attached hydrogen (secondary N) is 1. The molecule has 0 aromatic carbocycles. The maximum atomic E-state index is 12.1. The van der Waals surface area contributed by atoms with Crippen LogP contribution in [0.15, 0.2) is 10.9 Å². The molecular formula is C13H19N3O4. The first-order valence-electron chi connectivity index (χ1n) is 6.64. The van der Waals surface area contributed by atoms with E-state index in [-0.39, 0.29) is 24.1 Å². The summed E-state index contributed by atoms with van der Waals surface area (Å²) < 4.78 is 10.6. The van der Waals surface area contributed by atoms with Crippen LogP contribution in [-0.4, -0.2) is 53.7 Å². The number of morpholine rings is 1. The normalized spacial score (nSPS) is 19.1. The van der Waals surface area contributed by atoms with E-state index in [2.05, 4.69) is 9.97 Å². The third kappa shape index (κ3) is 3.43. The first-order valence-corrected chi connectivity index (χ1v) is 6.64. The van der Waals surface area contributed by atoms with Crippen LogP contribution in [0, 0.1) is 6.92 Å².